The maximum absolute atomic E-state index is 12.1. The second-order valence-corrected chi connectivity index (χ2v) is 6.55. The summed E-state index contributed by atoms with van der Waals surface area (Å²) >= 11 is 1.31. The summed E-state index contributed by atoms with van der Waals surface area (Å²) < 4.78 is 5.22. The number of amides is 1. The largest absolute Gasteiger partial charge is 0.479 e. The standard InChI is InChI=1S/C20H17N3O2S/c1-2-14-3-7-16(8-4-14)22-20-23-19(24)18(26-20)13-15-5-9-17(10-6-15)25-12-11-21/h3-10,13H,2,12H2,1H3,(H,22,23,24). The van der Waals surface area contributed by atoms with Gasteiger partial charge in [0.25, 0.3) is 5.91 Å². The number of aryl methyl sites for hydroxylation is 1. The first-order valence-electron chi connectivity index (χ1n) is 8.16. The Morgan fingerprint density at radius 3 is 2.58 bits per heavy atom. The Labute approximate surface area is 156 Å². The molecule has 0 atom stereocenters. The molecule has 1 aliphatic rings. The van der Waals surface area contributed by atoms with Gasteiger partial charge in [0.05, 0.1) is 10.6 Å². The van der Waals surface area contributed by atoms with Crippen molar-refractivity contribution < 1.29 is 9.53 Å². The average molecular weight is 363 g/mol. The smallest absolute Gasteiger partial charge is 0.264 e. The Bertz CT molecular complexity index is 894. The van der Waals surface area contributed by atoms with E-state index >= 15 is 0 Å². The predicted molar refractivity (Wildman–Crippen MR) is 104 cm³/mol. The van der Waals surface area contributed by atoms with Crippen molar-refractivity contribution in [2.45, 2.75) is 13.3 Å². The van der Waals surface area contributed by atoms with E-state index in [1.165, 1.54) is 17.3 Å². The van der Waals surface area contributed by atoms with Gasteiger partial charge in [0.15, 0.2) is 11.8 Å². The maximum atomic E-state index is 12.1. The highest BCUT2D eigenvalue weighted by molar-refractivity contribution is 8.18. The quantitative estimate of drug-likeness (QED) is 0.814. The van der Waals surface area contributed by atoms with Crippen molar-refractivity contribution in [1.29, 1.82) is 5.26 Å². The number of nitrogens with one attached hydrogen (secondary N) is 1. The SMILES string of the molecule is CCc1ccc(N=C2NC(=O)C(=Cc3ccc(OCC#N)cc3)S2)cc1. The number of aliphatic imine (C=N–C) groups is 1. The van der Waals surface area contributed by atoms with Gasteiger partial charge in [0.1, 0.15) is 11.8 Å². The molecule has 0 saturated carbocycles. The van der Waals surface area contributed by atoms with Crippen molar-refractivity contribution in [2.75, 3.05) is 6.61 Å². The van der Waals surface area contributed by atoms with Crippen LogP contribution in [0.15, 0.2) is 58.4 Å². The van der Waals surface area contributed by atoms with Crippen LogP contribution in [-0.2, 0) is 11.2 Å². The van der Waals surface area contributed by atoms with Gasteiger partial charge in [-0.25, -0.2) is 4.99 Å². The summed E-state index contributed by atoms with van der Waals surface area (Å²) in [5.74, 6) is 0.457. The van der Waals surface area contributed by atoms with Gasteiger partial charge in [-0.3, -0.25) is 4.79 Å². The highest BCUT2D eigenvalue weighted by Crippen LogP contribution is 2.28. The number of carbonyl (C=O) groups is 1. The molecule has 3 rings (SSSR count). The van der Waals surface area contributed by atoms with Gasteiger partial charge in [0, 0.05) is 0 Å². The van der Waals surface area contributed by atoms with Crippen LogP contribution >= 0.6 is 11.8 Å². The normalized spacial score (nSPS) is 16.5. The number of thioether (sulfide) groups is 1. The lowest BCUT2D eigenvalue weighted by Gasteiger charge is -2.01. The molecule has 0 aromatic heterocycles. The molecule has 1 fully saturated rings. The molecule has 2 aromatic rings. The highest BCUT2D eigenvalue weighted by Gasteiger charge is 2.23. The van der Waals surface area contributed by atoms with Crippen LogP contribution in [0.25, 0.3) is 6.08 Å². The van der Waals surface area contributed by atoms with Crippen molar-refractivity contribution in [3.8, 4) is 11.8 Å². The fourth-order valence-electron chi connectivity index (χ4n) is 2.33. The van der Waals surface area contributed by atoms with E-state index in [0.29, 0.717) is 15.8 Å². The van der Waals surface area contributed by atoms with E-state index in [2.05, 4.69) is 17.2 Å². The molecular formula is C20H17N3O2S. The Kier molecular flexibility index (Phi) is 5.72. The Balaban J connectivity index is 1.71. The molecule has 0 bridgehead atoms. The molecule has 6 heteroatoms. The molecule has 0 aliphatic carbocycles. The number of ether oxygens (including phenoxy) is 1. The van der Waals surface area contributed by atoms with Gasteiger partial charge < -0.3 is 10.1 Å². The minimum atomic E-state index is -0.163. The molecule has 130 valence electrons. The molecule has 1 aliphatic heterocycles. The Hall–Kier alpha value is -3.04. The van der Waals surface area contributed by atoms with Crippen molar-refractivity contribution in [3.05, 3.63) is 64.6 Å². The third-order valence-corrected chi connectivity index (χ3v) is 4.62. The predicted octanol–water partition coefficient (Wildman–Crippen LogP) is 4.04. The van der Waals surface area contributed by atoms with E-state index in [0.717, 1.165) is 17.7 Å². The third kappa shape index (κ3) is 4.52. The van der Waals surface area contributed by atoms with Crippen molar-refractivity contribution in [1.82, 2.24) is 5.32 Å². The summed E-state index contributed by atoms with van der Waals surface area (Å²) in [7, 11) is 0. The summed E-state index contributed by atoms with van der Waals surface area (Å²) in [5, 5.41) is 11.9. The van der Waals surface area contributed by atoms with E-state index < -0.39 is 0 Å². The van der Waals surface area contributed by atoms with E-state index in [4.69, 9.17) is 10.00 Å². The van der Waals surface area contributed by atoms with Gasteiger partial charge in [0.2, 0.25) is 0 Å². The van der Waals surface area contributed by atoms with Gasteiger partial charge in [-0.2, -0.15) is 5.26 Å². The number of amidine groups is 1. The van der Waals surface area contributed by atoms with Crippen LogP contribution in [0.1, 0.15) is 18.1 Å². The molecule has 1 saturated heterocycles. The summed E-state index contributed by atoms with van der Waals surface area (Å²) in [6.45, 7) is 2.12. The van der Waals surface area contributed by atoms with E-state index in [1.807, 2.05) is 42.5 Å². The number of rotatable bonds is 5. The van der Waals surface area contributed by atoms with Crippen LogP contribution < -0.4 is 10.1 Å². The number of nitriles is 1. The van der Waals surface area contributed by atoms with E-state index in [9.17, 15) is 4.79 Å². The zero-order chi connectivity index (χ0) is 18.4. The zero-order valence-electron chi connectivity index (χ0n) is 14.2. The van der Waals surface area contributed by atoms with Gasteiger partial charge in [-0.15, -0.1) is 0 Å². The molecule has 26 heavy (non-hydrogen) atoms. The molecular weight excluding hydrogens is 346 g/mol. The second kappa shape index (κ2) is 8.37. The minimum absolute atomic E-state index is 0.0117. The van der Waals surface area contributed by atoms with Crippen molar-refractivity contribution in [3.63, 3.8) is 0 Å². The first-order chi connectivity index (χ1) is 12.7. The summed E-state index contributed by atoms with van der Waals surface area (Å²) in [5.41, 5.74) is 2.94. The topological polar surface area (TPSA) is 74.5 Å². The summed E-state index contributed by atoms with van der Waals surface area (Å²) in [6, 6.07) is 17.1. The van der Waals surface area contributed by atoms with Crippen LogP contribution in [0, 0.1) is 11.3 Å². The lowest BCUT2D eigenvalue weighted by atomic mass is 10.2. The van der Waals surface area contributed by atoms with Gasteiger partial charge in [-0.05, 0) is 59.7 Å². The molecule has 0 unspecified atom stereocenters. The maximum Gasteiger partial charge on any atom is 0.264 e. The monoisotopic (exact) mass is 363 g/mol. The fraction of sp³-hybridized carbons (Fsp3) is 0.150. The number of hydrogen-bond donors (Lipinski definition) is 1. The number of carbonyl (C=O) groups excluding carboxylic acids is 1. The molecule has 0 spiro atoms. The molecule has 5 nitrogen and oxygen atoms in total. The number of nitrogens with zero attached hydrogens (tertiary/aromatic N) is 2. The first kappa shape index (κ1) is 17.8. The van der Waals surface area contributed by atoms with E-state index in [1.54, 1.807) is 18.2 Å². The van der Waals surface area contributed by atoms with Crippen LogP contribution in [0.4, 0.5) is 5.69 Å². The minimum Gasteiger partial charge on any atom is -0.479 e. The van der Waals surface area contributed by atoms with Crippen molar-refractivity contribution >= 4 is 34.6 Å². The summed E-state index contributed by atoms with van der Waals surface area (Å²) in [4.78, 5) is 17.2. The molecule has 2 aromatic carbocycles. The molecule has 1 heterocycles. The van der Waals surface area contributed by atoms with Crippen LogP contribution in [0.5, 0.6) is 5.75 Å². The fourth-order valence-corrected chi connectivity index (χ4v) is 3.17. The first-order valence-corrected chi connectivity index (χ1v) is 8.98. The molecule has 1 amide bonds. The van der Waals surface area contributed by atoms with Gasteiger partial charge in [-0.1, -0.05) is 31.2 Å². The zero-order valence-corrected chi connectivity index (χ0v) is 15.0. The van der Waals surface area contributed by atoms with Crippen LogP contribution in [0.2, 0.25) is 0 Å². The van der Waals surface area contributed by atoms with Crippen LogP contribution in [-0.4, -0.2) is 17.7 Å². The van der Waals surface area contributed by atoms with Crippen molar-refractivity contribution in [2.24, 2.45) is 4.99 Å². The third-order valence-electron chi connectivity index (χ3n) is 3.71. The number of hydrogen-bond acceptors (Lipinski definition) is 5. The summed E-state index contributed by atoms with van der Waals surface area (Å²) in [6.07, 6.45) is 2.78. The number of benzene rings is 2. The molecule has 0 radical (unpaired) electrons. The van der Waals surface area contributed by atoms with Gasteiger partial charge >= 0.3 is 0 Å². The Morgan fingerprint density at radius 2 is 1.92 bits per heavy atom. The lowest BCUT2D eigenvalue weighted by molar-refractivity contribution is -0.115. The Morgan fingerprint density at radius 1 is 1.19 bits per heavy atom. The average Bonchev–Trinajstić information content (AvgIpc) is 3.00. The lowest BCUT2D eigenvalue weighted by Crippen LogP contribution is -2.19. The van der Waals surface area contributed by atoms with Crippen LogP contribution in [0.3, 0.4) is 0 Å². The highest BCUT2D eigenvalue weighted by atomic mass is 32.2. The van der Waals surface area contributed by atoms with E-state index in [-0.39, 0.29) is 12.5 Å². The molecule has 1 N–H and O–H groups in total. The second-order valence-electron chi connectivity index (χ2n) is 5.52.